The van der Waals surface area contributed by atoms with Crippen molar-refractivity contribution < 1.29 is 23.0 Å². The van der Waals surface area contributed by atoms with Crippen molar-refractivity contribution in [3.63, 3.8) is 0 Å². The molecular weight excluding hydrogens is 592 g/mol. The van der Waals surface area contributed by atoms with Gasteiger partial charge in [-0.2, -0.15) is 15.1 Å². The van der Waals surface area contributed by atoms with Gasteiger partial charge in [-0.3, -0.25) is 10.00 Å². The van der Waals surface area contributed by atoms with E-state index < -0.39 is 12.0 Å². The zero-order chi connectivity index (χ0) is 30.4. The Bertz CT molecular complexity index is 1660. The Morgan fingerprint density at radius 1 is 1.05 bits per heavy atom. The van der Waals surface area contributed by atoms with Gasteiger partial charge in [-0.05, 0) is 62.6 Å². The standard InChI is InChI=1S/C24H24ClFN6O3.C7H12FN/c1-33-23-18-21(29-24(34-2)30-22(18)32-6-3-8-35-9-7-32)19(26)20(28-23)17-13-11-27-31-15(13)10-14(25)16(17)12-4-5-12;8-6-4-7-2-1-3-9(7)5-6/h10-12H,3-9H2,1-2H3,(H,27,31);6-7H,1-5H2. The molecule has 0 amide bonds. The third-order valence-electron chi connectivity index (χ3n) is 9.03. The molecule has 234 valence electrons. The molecule has 2 atom stereocenters. The fraction of sp³-hybridized carbons (Fsp3) is 0.548. The first kappa shape index (κ1) is 29.4. The summed E-state index contributed by atoms with van der Waals surface area (Å²) in [5.41, 5.74) is 2.40. The molecule has 2 unspecified atom stereocenters. The maximum absolute atomic E-state index is 16.5. The minimum atomic E-state index is -0.583. The van der Waals surface area contributed by atoms with Crippen molar-refractivity contribution in [3.05, 3.63) is 28.7 Å². The van der Waals surface area contributed by atoms with Gasteiger partial charge in [0.1, 0.15) is 28.6 Å². The van der Waals surface area contributed by atoms with E-state index in [4.69, 9.17) is 25.8 Å². The van der Waals surface area contributed by atoms with Crippen molar-refractivity contribution in [2.45, 2.75) is 56.7 Å². The van der Waals surface area contributed by atoms with Gasteiger partial charge in [0, 0.05) is 48.3 Å². The highest BCUT2D eigenvalue weighted by molar-refractivity contribution is 6.33. The summed E-state index contributed by atoms with van der Waals surface area (Å²) in [5.74, 6) is 0.402. The van der Waals surface area contributed by atoms with Crippen LogP contribution < -0.4 is 14.4 Å². The van der Waals surface area contributed by atoms with Crippen molar-refractivity contribution >= 4 is 39.2 Å². The van der Waals surface area contributed by atoms with Crippen LogP contribution in [0.1, 0.15) is 50.0 Å². The zero-order valence-corrected chi connectivity index (χ0v) is 25.7. The van der Waals surface area contributed by atoms with E-state index >= 15 is 4.39 Å². The van der Waals surface area contributed by atoms with Gasteiger partial charge in [-0.15, -0.1) is 0 Å². The molecule has 13 heteroatoms. The summed E-state index contributed by atoms with van der Waals surface area (Å²) in [6.45, 7) is 4.34. The number of aromatic nitrogens is 5. The Kier molecular flexibility index (Phi) is 8.15. The second-order valence-corrected chi connectivity index (χ2v) is 12.3. The molecule has 4 aromatic rings. The Hall–Kier alpha value is -3.35. The number of hydrogen-bond donors (Lipinski definition) is 1. The molecule has 3 aliphatic heterocycles. The van der Waals surface area contributed by atoms with Crippen molar-refractivity contribution in [2.24, 2.45) is 0 Å². The van der Waals surface area contributed by atoms with Gasteiger partial charge in [0.2, 0.25) is 5.88 Å². The van der Waals surface area contributed by atoms with Gasteiger partial charge in [-0.1, -0.05) is 11.6 Å². The molecular formula is C31H36ClF2N7O3. The number of aromatic amines is 1. The molecule has 44 heavy (non-hydrogen) atoms. The van der Waals surface area contributed by atoms with Crippen LogP contribution in [0, 0.1) is 5.82 Å². The molecule has 0 spiro atoms. The minimum absolute atomic E-state index is 0.0673. The predicted octanol–water partition coefficient (Wildman–Crippen LogP) is 5.67. The lowest BCUT2D eigenvalue weighted by Gasteiger charge is -2.24. The number of pyridine rings is 1. The summed E-state index contributed by atoms with van der Waals surface area (Å²) in [6.07, 6.45) is 7.27. The Morgan fingerprint density at radius 3 is 2.68 bits per heavy atom. The third kappa shape index (κ3) is 5.41. The smallest absolute Gasteiger partial charge is 0.318 e. The zero-order valence-electron chi connectivity index (χ0n) is 24.9. The number of H-pyrrole nitrogens is 1. The summed E-state index contributed by atoms with van der Waals surface area (Å²) in [6, 6.07) is 2.51. The van der Waals surface area contributed by atoms with Gasteiger partial charge < -0.3 is 19.1 Å². The van der Waals surface area contributed by atoms with Crippen molar-refractivity contribution in [1.29, 1.82) is 0 Å². The molecule has 3 aromatic heterocycles. The van der Waals surface area contributed by atoms with E-state index in [0.717, 1.165) is 43.2 Å². The van der Waals surface area contributed by atoms with Crippen LogP contribution in [0.15, 0.2) is 12.3 Å². The van der Waals surface area contributed by atoms with E-state index in [2.05, 4.69) is 30.0 Å². The maximum atomic E-state index is 16.5. The number of ether oxygens (including phenoxy) is 3. The number of benzene rings is 1. The van der Waals surface area contributed by atoms with Crippen LogP contribution in [-0.2, 0) is 4.74 Å². The highest BCUT2D eigenvalue weighted by Gasteiger charge is 2.35. The van der Waals surface area contributed by atoms with Gasteiger partial charge in [0.15, 0.2) is 5.82 Å². The number of rotatable bonds is 5. The molecule has 1 aromatic carbocycles. The molecule has 0 radical (unpaired) electrons. The first-order chi connectivity index (χ1) is 21.5. The van der Waals surface area contributed by atoms with Crippen LogP contribution in [-0.4, -0.2) is 95.9 Å². The maximum Gasteiger partial charge on any atom is 0.318 e. The molecule has 10 nitrogen and oxygen atoms in total. The van der Waals surface area contributed by atoms with E-state index in [1.807, 2.05) is 11.0 Å². The summed E-state index contributed by atoms with van der Waals surface area (Å²) < 4.78 is 45.7. The van der Waals surface area contributed by atoms with Gasteiger partial charge in [0.25, 0.3) is 0 Å². The van der Waals surface area contributed by atoms with Crippen molar-refractivity contribution in [1.82, 2.24) is 30.0 Å². The monoisotopic (exact) mass is 627 g/mol. The number of halogens is 3. The Labute approximate surface area is 259 Å². The second-order valence-electron chi connectivity index (χ2n) is 11.9. The SMILES string of the molecule is COc1nc(N2CCCOCC2)c2c(OC)nc(-c3c(C4CC4)c(Cl)cc4[nH]ncc34)c(F)c2n1.FC1CC2CCCN2C1. The first-order valence-corrected chi connectivity index (χ1v) is 15.7. The highest BCUT2D eigenvalue weighted by atomic mass is 35.5. The number of alkyl halides is 1. The largest absolute Gasteiger partial charge is 0.480 e. The van der Waals surface area contributed by atoms with Gasteiger partial charge >= 0.3 is 6.01 Å². The molecule has 3 saturated heterocycles. The van der Waals surface area contributed by atoms with Crippen molar-refractivity contribution in [2.75, 3.05) is 58.5 Å². The third-order valence-corrected chi connectivity index (χ3v) is 9.34. The fourth-order valence-corrected chi connectivity index (χ4v) is 7.18. The molecule has 1 N–H and O–H groups in total. The summed E-state index contributed by atoms with van der Waals surface area (Å²) in [7, 11) is 2.97. The normalized spacial score (nSPS) is 22.2. The summed E-state index contributed by atoms with van der Waals surface area (Å²) >= 11 is 6.69. The average molecular weight is 628 g/mol. The number of nitrogens with one attached hydrogen (secondary N) is 1. The number of anilines is 1. The second kappa shape index (κ2) is 12.2. The van der Waals surface area contributed by atoms with E-state index in [0.29, 0.717) is 66.2 Å². The number of methoxy groups -OCH3 is 2. The van der Waals surface area contributed by atoms with Crippen LogP contribution in [0.2, 0.25) is 5.02 Å². The molecule has 1 saturated carbocycles. The predicted molar refractivity (Wildman–Crippen MR) is 164 cm³/mol. The lowest BCUT2D eigenvalue weighted by molar-refractivity contribution is 0.152. The molecule has 1 aliphatic carbocycles. The molecule has 0 bridgehead atoms. The number of nitrogens with zero attached hydrogens (tertiary/aromatic N) is 6. The number of hydrogen-bond acceptors (Lipinski definition) is 9. The van der Waals surface area contributed by atoms with Gasteiger partial charge in [-0.25, -0.2) is 13.8 Å². The van der Waals surface area contributed by atoms with Crippen LogP contribution >= 0.6 is 11.6 Å². The van der Waals surface area contributed by atoms with Crippen molar-refractivity contribution in [3.8, 4) is 23.1 Å². The average Bonchev–Trinajstić information content (AvgIpc) is 3.56. The lowest BCUT2D eigenvalue weighted by Crippen LogP contribution is -2.27. The quantitative estimate of drug-likeness (QED) is 0.300. The minimum Gasteiger partial charge on any atom is -0.480 e. The lowest BCUT2D eigenvalue weighted by atomic mass is 9.95. The van der Waals surface area contributed by atoms with E-state index in [-0.39, 0.29) is 29.0 Å². The fourth-order valence-electron chi connectivity index (χ4n) is 6.82. The van der Waals surface area contributed by atoms with Crippen LogP contribution in [0.4, 0.5) is 14.6 Å². The van der Waals surface area contributed by atoms with E-state index in [1.165, 1.54) is 27.1 Å². The Morgan fingerprint density at radius 2 is 1.91 bits per heavy atom. The van der Waals surface area contributed by atoms with Crippen LogP contribution in [0.3, 0.4) is 0 Å². The first-order valence-electron chi connectivity index (χ1n) is 15.3. The van der Waals surface area contributed by atoms with Gasteiger partial charge in [0.05, 0.1) is 32.5 Å². The molecule has 6 heterocycles. The van der Waals surface area contributed by atoms with E-state index in [9.17, 15) is 4.39 Å². The summed E-state index contributed by atoms with van der Waals surface area (Å²) in [5, 5.41) is 8.81. The summed E-state index contributed by atoms with van der Waals surface area (Å²) in [4.78, 5) is 18.0. The Balaban J connectivity index is 0.000000296. The molecule has 4 aliphatic rings. The van der Waals surface area contributed by atoms with E-state index in [1.54, 1.807) is 6.20 Å². The molecule has 4 fully saturated rings. The van der Waals surface area contributed by atoms with Crippen LogP contribution in [0.25, 0.3) is 33.1 Å². The molecule has 8 rings (SSSR count). The van der Waals surface area contributed by atoms with Crippen LogP contribution in [0.5, 0.6) is 11.9 Å². The highest BCUT2D eigenvalue weighted by Crippen LogP contribution is 2.51. The number of fused-ring (bicyclic) bond motifs is 3. The topological polar surface area (TPSA) is 102 Å².